The number of halogens is 3. The molecule has 1 aromatic carbocycles. The average molecular weight is 380 g/mol. The first-order valence-electron chi connectivity index (χ1n) is 7.88. The van der Waals surface area contributed by atoms with Crippen LogP contribution >= 0.6 is 0 Å². The van der Waals surface area contributed by atoms with Crippen molar-refractivity contribution >= 4 is 22.8 Å². The Morgan fingerprint density at radius 3 is 2.48 bits per heavy atom. The molecule has 2 N–H and O–H groups in total. The van der Waals surface area contributed by atoms with Crippen molar-refractivity contribution in [3.05, 3.63) is 41.7 Å². The van der Waals surface area contributed by atoms with Gasteiger partial charge in [-0.05, 0) is 37.3 Å². The largest absolute Gasteiger partial charge is 0.497 e. The van der Waals surface area contributed by atoms with Crippen LogP contribution in [0.2, 0.25) is 0 Å². The van der Waals surface area contributed by atoms with Crippen LogP contribution in [0, 0.1) is 0 Å². The third-order valence-corrected chi connectivity index (χ3v) is 3.85. The summed E-state index contributed by atoms with van der Waals surface area (Å²) in [5.41, 5.74) is 4.28. The maximum Gasteiger partial charge on any atom is 0.417 e. The maximum absolute atomic E-state index is 13.6. The zero-order chi connectivity index (χ0) is 19.8. The molecule has 6 nitrogen and oxygen atoms in total. The Morgan fingerprint density at radius 1 is 1.26 bits per heavy atom. The third kappa shape index (κ3) is 3.40. The van der Waals surface area contributed by atoms with Gasteiger partial charge >= 0.3 is 12.1 Å². The van der Waals surface area contributed by atoms with Crippen LogP contribution in [0.3, 0.4) is 0 Å². The van der Waals surface area contributed by atoms with Gasteiger partial charge in [-0.25, -0.2) is 9.78 Å². The number of aromatic nitrogens is 1. The highest BCUT2D eigenvalue weighted by atomic mass is 19.4. The molecule has 0 amide bonds. The van der Waals surface area contributed by atoms with E-state index < -0.39 is 40.3 Å². The van der Waals surface area contributed by atoms with Crippen molar-refractivity contribution in [3.8, 4) is 17.0 Å². The highest BCUT2D eigenvalue weighted by Crippen LogP contribution is 2.41. The molecule has 0 aliphatic carbocycles. The Morgan fingerprint density at radius 2 is 1.93 bits per heavy atom. The predicted octanol–water partition coefficient (Wildman–Crippen LogP) is 4.28. The van der Waals surface area contributed by atoms with Crippen molar-refractivity contribution in [2.45, 2.75) is 13.1 Å². The van der Waals surface area contributed by atoms with E-state index in [4.69, 9.17) is 19.6 Å². The molecule has 0 aliphatic heterocycles. The van der Waals surface area contributed by atoms with Crippen LogP contribution < -0.4 is 10.5 Å². The van der Waals surface area contributed by atoms with Gasteiger partial charge < -0.3 is 19.6 Å². The fourth-order valence-electron chi connectivity index (χ4n) is 2.60. The average Bonchev–Trinajstić information content (AvgIpc) is 2.97. The molecule has 2 heterocycles. The van der Waals surface area contributed by atoms with E-state index in [9.17, 15) is 18.0 Å². The van der Waals surface area contributed by atoms with Gasteiger partial charge in [0.1, 0.15) is 5.75 Å². The predicted molar refractivity (Wildman–Crippen MR) is 91.4 cm³/mol. The molecular weight excluding hydrogens is 365 g/mol. The molecule has 0 atom stereocenters. The molecule has 0 bridgehead atoms. The SMILES string of the molecule is CCOC(=O)c1oc2nc(-c3ccc(OC)cc3)cc(C(F)(F)F)c2c1N. The molecule has 3 rings (SSSR count). The smallest absolute Gasteiger partial charge is 0.417 e. The topological polar surface area (TPSA) is 87.6 Å². The second kappa shape index (κ2) is 6.82. The summed E-state index contributed by atoms with van der Waals surface area (Å²) in [5.74, 6) is -0.911. The summed E-state index contributed by atoms with van der Waals surface area (Å²) in [7, 11) is 1.48. The van der Waals surface area contributed by atoms with Gasteiger partial charge in [-0.1, -0.05) is 0 Å². The van der Waals surface area contributed by atoms with Crippen LogP contribution in [0.5, 0.6) is 5.75 Å². The van der Waals surface area contributed by atoms with Crippen LogP contribution in [-0.2, 0) is 10.9 Å². The fourth-order valence-corrected chi connectivity index (χ4v) is 2.60. The zero-order valence-corrected chi connectivity index (χ0v) is 14.4. The number of nitrogen functional groups attached to an aromatic ring is 1. The van der Waals surface area contributed by atoms with Crippen LogP contribution in [0.15, 0.2) is 34.7 Å². The number of alkyl halides is 3. The van der Waals surface area contributed by atoms with Crippen molar-refractivity contribution in [2.24, 2.45) is 0 Å². The van der Waals surface area contributed by atoms with E-state index in [1.54, 1.807) is 31.2 Å². The molecule has 0 unspecified atom stereocenters. The Bertz CT molecular complexity index is 994. The number of hydrogen-bond acceptors (Lipinski definition) is 6. The number of hydrogen-bond donors (Lipinski definition) is 1. The summed E-state index contributed by atoms with van der Waals surface area (Å²) >= 11 is 0. The molecular formula is C18H15F3N2O4. The second-order valence-electron chi connectivity index (χ2n) is 5.53. The Hall–Kier alpha value is -3.23. The van der Waals surface area contributed by atoms with Crippen molar-refractivity contribution in [2.75, 3.05) is 19.5 Å². The van der Waals surface area contributed by atoms with Crippen molar-refractivity contribution in [3.63, 3.8) is 0 Å². The van der Waals surface area contributed by atoms with E-state index in [0.29, 0.717) is 11.3 Å². The van der Waals surface area contributed by atoms with Crippen LogP contribution in [0.4, 0.5) is 18.9 Å². The number of ether oxygens (including phenoxy) is 2. The Balaban J connectivity index is 2.24. The van der Waals surface area contributed by atoms with Gasteiger partial charge in [0.15, 0.2) is 0 Å². The normalized spacial score (nSPS) is 11.6. The molecule has 0 spiro atoms. The number of methoxy groups -OCH3 is 1. The van der Waals surface area contributed by atoms with Crippen LogP contribution in [-0.4, -0.2) is 24.7 Å². The number of pyridine rings is 1. The van der Waals surface area contributed by atoms with E-state index >= 15 is 0 Å². The second-order valence-corrected chi connectivity index (χ2v) is 5.53. The lowest BCUT2D eigenvalue weighted by atomic mass is 10.1. The number of carbonyl (C=O) groups excluding carboxylic acids is 1. The summed E-state index contributed by atoms with van der Waals surface area (Å²) in [4.78, 5) is 16.0. The van der Waals surface area contributed by atoms with Gasteiger partial charge in [-0.3, -0.25) is 0 Å². The lowest BCUT2D eigenvalue weighted by Gasteiger charge is -2.10. The quantitative estimate of drug-likeness (QED) is 0.680. The first-order valence-corrected chi connectivity index (χ1v) is 7.88. The summed E-state index contributed by atoms with van der Waals surface area (Å²) in [6, 6.07) is 7.17. The van der Waals surface area contributed by atoms with E-state index in [-0.39, 0.29) is 12.3 Å². The van der Waals surface area contributed by atoms with E-state index in [1.807, 2.05) is 0 Å². The van der Waals surface area contributed by atoms with Crippen LogP contribution in [0.25, 0.3) is 22.4 Å². The van der Waals surface area contributed by atoms with Gasteiger partial charge in [0, 0.05) is 5.56 Å². The minimum absolute atomic E-state index is 0.0154. The van der Waals surface area contributed by atoms with Gasteiger partial charge in [-0.15, -0.1) is 0 Å². The number of nitrogens with zero attached hydrogens (tertiary/aromatic N) is 1. The molecule has 0 saturated heterocycles. The standard InChI is InChI=1S/C18H15F3N2O4/c1-3-26-17(24)15-14(22)13-11(18(19,20)21)8-12(23-16(13)27-15)9-4-6-10(25-2)7-5-9/h4-8H,3,22H2,1-2H3. The van der Waals surface area contributed by atoms with E-state index in [1.165, 1.54) is 7.11 Å². The molecule has 0 saturated carbocycles. The first kappa shape index (κ1) is 18.6. The van der Waals surface area contributed by atoms with Gasteiger partial charge in [0.05, 0.1) is 36.0 Å². The van der Waals surface area contributed by atoms with Gasteiger partial charge in [0.2, 0.25) is 11.5 Å². The lowest BCUT2D eigenvalue weighted by molar-refractivity contribution is -0.136. The van der Waals surface area contributed by atoms with E-state index in [2.05, 4.69) is 4.98 Å². The number of furan rings is 1. The molecule has 0 aliphatic rings. The molecule has 0 fully saturated rings. The highest BCUT2D eigenvalue weighted by Gasteiger charge is 2.37. The number of nitrogens with two attached hydrogens (primary N) is 1. The summed E-state index contributed by atoms with van der Waals surface area (Å²) in [6.45, 7) is 1.57. The molecule has 142 valence electrons. The number of rotatable bonds is 4. The number of carbonyl (C=O) groups is 1. The Labute approximate surface area is 151 Å². The molecule has 0 radical (unpaired) electrons. The number of fused-ring (bicyclic) bond motifs is 1. The molecule has 9 heteroatoms. The van der Waals surface area contributed by atoms with Gasteiger partial charge in [0.25, 0.3) is 0 Å². The fraction of sp³-hybridized carbons (Fsp3) is 0.222. The summed E-state index contributed by atoms with van der Waals surface area (Å²) in [5, 5.41) is -0.470. The summed E-state index contributed by atoms with van der Waals surface area (Å²) < 4.78 is 55.9. The monoisotopic (exact) mass is 380 g/mol. The first-order chi connectivity index (χ1) is 12.8. The number of anilines is 1. The molecule has 2 aromatic heterocycles. The zero-order valence-electron chi connectivity index (χ0n) is 14.4. The highest BCUT2D eigenvalue weighted by molar-refractivity contribution is 6.04. The Kier molecular flexibility index (Phi) is 4.69. The van der Waals surface area contributed by atoms with Crippen molar-refractivity contribution in [1.29, 1.82) is 0 Å². The van der Waals surface area contributed by atoms with Crippen molar-refractivity contribution in [1.82, 2.24) is 4.98 Å². The van der Waals surface area contributed by atoms with Crippen molar-refractivity contribution < 1.29 is 31.9 Å². The maximum atomic E-state index is 13.6. The summed E-state index contributed by atoms with van der Waals surface area (Å²) in [6.07, 6.45) is -4.73. The minimum Gasteiger partial charge on any atom is -0.497 e. The van der Waals surface area contributed by atoms with Gasteiger partial charge in [-0.2, -0.15) is 13.2 Å². The van der Waals surface area contributed by atoms with E-state index in [0.717, 1.165) is 6.07 Å². The minimum atomic E-state index is -4.73. The number of esters is 1. The molecule has 27 heavy (non-hydrogen) atoms. The van der Waals surface area contributed by atoms with Crippen LogP contribution in [0.1, 0.15) is 23.0 Å². The number of benzene rings is 1. The third-order valence-electron chi connectivity index (χ3n) is 3.85. The lowest BCUT2D eigenvalue weighted by Crippen LogP contribution is -2.09. The molecule has 3 aromatic rings.